The molecular weight excluding hydrogens is 354 g/mol. The zero-order chi connectivity index (χ0) is 20.9. The standard InChI is InChI=1S/C22H39N3O3/c1-6-24(7-2)20(28)22(13-9-8-10-14-22)23-18(26)17-12-11-15-25(16-17)19(27)21(3,4)5/h17H,6-16H2,1-5H3,(H,23,26). The minimum Gasteiger partial charge on any atom is -0.341 e. The van der Waals surface area contributed by atoms with Crippen molar-refractivity contribution < 1.29 is 14.4 Å². The summed E-state index contributed by atoms with van der Waals surface area (Å²) in [4.78, 5) is 42.7. The summed E-state index contributed by atoms with van der Waals surface area (Å²) in [7, 11) is 0. The molecule has 6 heteroatoms. The molecule has 0 radical (unpaired) electrons. The molecule has 1 saturated heterocycles. The van der Waals surface area contributed by atoms with Crippen LogP contribution in [0, 0.1) is 11.3 Å². The molecule has 1 saturated carbocycles. The Morgan fingerprint density at radius 1 is 1.04 bits per heavy atom. The van der Waals surface area contributed by atoms with Gasteiger partial charge < -0.3 is 15.1 Å². The first-order valence-corrected chi connectivity index (χ1v) is 11.1. The van der Waals surface area contributed by atoms with E-state index in [0.717, 1.165) is 32.1 Å². The molecular formula is C22H39N3O3. The molecule has 28 heavy (non-hydrogen) atoms. The number of likely N-dealkylation sites (tertiary alicyclic amines) is 1. The lowest BCUT2D eigenvalue weighted by Gasteiger charge is -2.42. The van der Waals surface area contributed by atoms with E-state index in [1.807, 2.05) is 44.4 Å². The number of hydrogen-bond donors (Lipinski definition) is 1. The van der Waals surface area contributed by atoms with Crippen LogP contribution in [0.5, 0.6) is 0 Å². The Labute approximate surface area is 170 Å². The Balaban J connectivity index is 2.12. The molecule has 3 amide bonds. The molecule has 2 aliphatic rings. The minimum absolute atomic E-state index is 0.0592. The highest BCUT2D eigenvalue weighted by Crippen LogP contribution is 2.31. The van der Waals surface area contributed by atoms with Gasteiger partial charge in [0.05, 0.1) is 5.92 Å². The van der Waals surface area contributed by atoms with E-state index in [9.17, 15) is 14.4 Å². The van der Waals surface area contributed by atoms with Crippen LogP contribution in [0.1, 0.15) is 79.6 Å². The van der Waals surface area contributed by atoms with Gasteiger partial charge in [-0.15, -0.1) is 0 Å². The van der Waals surface area contributed by atoms with Crippen molar-refractivity contribution in [1.29, 1.82) is 0 Å². The first-order valence-electron chi connectivity index (χ1n) is 11.1. The number of likely N-dealkylation sites (N-methyl/N-ethyl adjacent to an activating group) is 1. The van der Waals surface area contributed by atoms with Crippen LogP contribution in [0.15, 0.2) is 0 Å². The Morgan fingerprint density at radius 3 is 2.18 bits per heavy atom. The highest BCUT2D eigenvalue weighted by Gasteiger charge is 2.44. The first-order chi connectivity index (χ1) is 13.1. The van der Waals surface area contributed by atoms with Crippen molar-refractivity contribution in [2.45, 2.75) is 85.1 Å². The molecule has 0 bridgehead atoms. The fourth-order valence-corrected chi connectivity index (χ4v) is 4.55. The zero-order valence-electron chi connectivity index (χ0n) is 18.5. The summed E-state index contributed by atoms with van der Waals surface area (Å²) in [6.07, 6.45) is 6.07. The Morgan fingerprint density at radius 2 is 1.64 bits per heavy atom. The predicted molar refractivity (Wildman–Crippen MR) is 111 cm³/mol. The Bertz CT molecular complexity index is 572. The molecule has 1 aliphatic carbocycles. The summed E-state index contributed by atoms with van der Waals surface area (Å²) in [6.45, 7) is 12.2. The van der Waals surface area contributed by atoms with Crippen molar-refractivity contribution in [3.05, 3.63) is 0 Å². The van der Waals surface area contributed by atoms with Crippen LogP contribution in [0.25, 0.3) is 0 Å². The van der Waals surface area contributed by atoms with Crippen molar-refractivity contribution in [2.24, 2.45) is 11.3 Å². The van der Waals surface area contributed by atoms with Crippen molar-refractivity contribution in [3.63, 3.8) is 0 Å². The lowest BCUT2D eigenvalue weighted by atomic mass is 9.79. The van der Waals surface area contributed by atoms with E-state index in [4.69, 9.17) is 0 Å². The summed E-state index contributed by atoms with van der Waals surface area (Å²) in [6, 6.07) is 0. The second-order valence-electron chi connectivity index (χ2n) is 9.45. The number of piperidine rings is 1. The van der Waals surface area contributed by atoms with E-state index in [2.05, 4.69) is 5.32 Å². The molecule has 6 nitrogen and oxygen atoms in total. The molecule has 0 spiro atoms. The minimum atomic E-state index is -0.766. The number of carbonyl (C=O) groups is 3. The molecule has 0 aromatic rings. The van der Waals surface area contributed by atoms with E-state index >= 15 is 0 Å². The molecule has 1 aliphatic heterocycles. The molecule has 1 unspecified atom stereocenters. The van der Waals surface area contributed by atoms with Crippen molar-refractivity contribution in [2.75, 3.05) is 26.2 Å². The number of nitrogens with zero attached hydrogens (tertiary/aromatic N) is 2. The van der Waals surface area contributed by atoms with E-state index in [1.54, 1.807) is 0 Å². The van der Waals surface area contributed by atoms with Gasteiger partial charge in [0, 0.05) is 31.6 Å². The maximum Gasteiger partial charge on any atom is 0.248 e. The fraction of sp³-hybridized carbons (Fsp3) is 0.864. The molecule has 160 valence electrons. The van der Waals surface area contributed by atoms with Gasteiger partial charge in [0.15, 0.2) is 0 Å². The summed E-state index contributed by atoms with van der Waals surface area (Å²) in [5, 5.41) is 3.18. The number of nitrogens with one attached hydrogen (secondary N) is 1. The molecule has 1 atom stereocenters. The lowest BCUT2D eigenvalue weighted by molar-refractivity contribution is -0.147. The van der Waals surface area contributed by atoms with Crippen LogP contribution in [0.2, 0.25) is 0 Å². The SMILES string of the molecule is CCN(CC)C(=O)C1(NC(=O)C2CCCN(C(=O)C(C)(C)C)C2)CCCCC1. The quantitative estimate of drug-likeness (QED) is 0.781. The second-order valence-corrected chi connectivity index (χ2v) is 9.45. The van der Waals surface area contributed by atoms with Crippen LogP contribution in [0.4, 0.5) is 0 Å². The average molecular weight is 394 g/mol. The largest absolute Gasteiger partial charge is 0.341 e. The van der Waals surface area contributed by atoms with Crippen molar-refractivity contribution in [3.8, 4) is 0 Å². The number of amides is 3. The van der Waals surface area contributed by atoms with Crippen LogP contribution >= 0.6 is 0 Å². The van der Waals surface area contributed by atoms with E-state index in [0.29, 0.717) is 39.0 Å². The molecule has 2 fully saturated rings. The van der Waals surface area contributed by atoms with E-state index in [-0.39, 0.29) is 23.6 Å². The van der Waals surface area contributed by atoms with E-state index < -0.39 is 11.0 Å². The van der Waals surface area contributed by atoms with Crippen LogP contribution in [-0.2, 0) is 14.4 Å². The van der Waals surface area contributed by atoms with Gasteiger partial charge in [-0.1, -0.05) is 40.0 Å². The van der Waals surface area contributed by atoms with E-state index in [1.165, 1.54) is 0 Å². The van der Waals surface area contributed by atoms with Gasteiger partial charge in [-0.3, -0.25) is 14.4 Å². The summed E-state index contributed by atoms with van der Waals surface area (Å²) in [5.41, 5.74) is -1.21. The summed E-state index contributed by atoms with van der Waals surface area (Å²) >= 11 is 0. The van der Waals surface area contributed by atoms with Gasteiger partial charge in [0.25, 0.3) is 0 Å². The maximum atomic E-state index is 13.3. The molecule has 2 rings (SSSR count). The first kappa shape index (κ1) is 22.7. The van der Waals surface area contributed by atoms with Crippen molar-refractivity contribution in [1.82, 2.24) is 15.1 Å². The van der Waals surface area contributed by atoms with Crippen LogP contribution < -0.4 is 5.32 Å². The monoisotopic (exact) mass is 393 g/mol. The van der Waals surface area contributed by atoms with Gasteiger partial charge in [0.1, 0.15) is 5.54 Å². The fourth-order valence-electron chi connectivity index (χ4n) is 4.55. The third-order valence-corrected chi connectivity index (χ3v) is 6.25. The molecule has 0 aromatic carbocycles. The average Bonchev–Trinajstić information content (AvgIpc) is 2.68. The third kappa shape index (κ3) is 5.06. The molecule has 1 heterocycles. The van der Waals surface area contributed by atoms with Crippen LogP contribution in [-0.4, -0.2) is 59.2 Å². The Hall–Kier alpha value is -1.59. The smallest absolute Gasteiger partial charge is 0.248 e. The second kappa shape index (κ2) is 9.27. The highest BCUT2D eigenvalue weighted by molar-refractivity contribution is 5.92. The molecule has 0 aromatic heterocycles. The highest BCUT2D eigenvalue weighted by atomic mass is 16.2. The third-order valence-electron chi connectivity index (χ3n) is 6.25. The summed E-state index contributed by atoms with van der Waals surface area (Å²) in [5.74, 6) is -0.141. The van der Waals surface area contributed by atoms with Gasteiger partial charge in [-0.2, -0.15) is 0 Å². The van der Waals surface area contributed by atoms with Crippen molar-refractivity contribution >= 4 is 17.7 Å². The number of rotatable bonds is 5. The number of carbonyl (C=O) groups excluding carboxylic acids is 3. The maximum absolute atomic E-state index is 13.3. The molecule has 1 N–H and O–H groups in total. The Kier molecular flexibility index (Phi) is 7.52. The van der Waals surface area contributed by atoms with Gasteiger partial charge in [-0.25, -0.2) is 0 Å². The van der Waals surface area contributed by atoms with Crippen LogP contribution in [0.3, 0.4) is 0 Å². The van der Waals surface area contributed by atoms with Gasteiger partial charge in [-0.05, 0) is 39.5 Å². The topological polar surface area (TPSA) is 69.7 Å². The number of hydrogen-bond acceptors (Lipinski definition) is 3. The normalized spacial score (nSPS) is 22.5. The van der Waals surface area contributed by atoms with Gasteiger partial charge >= 0.3 is 0 Å². The van der Waals surface area contributed by atoms with Gasteiger partial charge in [0.2, 0.25) is 17.7 Å². The predicted octanol–water partition coefficient (Wildman–Crippen LogP) is 2.96. The lowest BCUT2D eigenvalue weighted by Crippen LogP contribution is -2.62. The summed E-state index contributed by atoms with van der Waals surface area (Å²) < 4.78 is 0. The zero-order valence-corrected chi connectivity index (χ0v) is 18.5.